The Kier molecular flexibility index (Phi) is 8.28. The van der Waals surface area contributed by atoms with Crippen LogP contribution < -0.4 is 10.6 Å². The lowest BCUT2D eigenvalue weighted by atomic mass is 9.98. The fraction of sp³-hybridized carbons (Fsp3) is 0.929. The molecule has 142 valence electrons. The number of aliphatic imine (C=N–C) groups is 1. The van der Waals surface area contributed by atoms with Crippen LogP contribution in [0.3, 0.4) is 0 Å². The Morgan fingerprint density at radius 3 is 2.33 bits per heavy atom. The van der Waals surface area contributed by atoms with Crippen LogP contribution in [0, 0.1) is 5.92 Å². The molecule has 6 nitrogen and oxygen atoms in total. The molecule has 0 saturated carbocycles. The molecule has 0 unspecified atom stereocenters. The van der Waals surface area contributed by atoms with Gasteiger partial charge in [0, 0.05) is 32.7 Å². The van der Waals surface area contributed by atoms with E-state index in [-0.39, 0.29) is 19.0 Å². The molecule has 1 heterocycles. The summed E-state index contributed by atoms with van der Waals surface area (Å²) in [5.41, 5.74) is -5.22. The van der Waals surface area contributed by atoms with Crippen LogP contribution in [0.25, 0.3) is 0 Å². The highest BCUT2D eigenvalue weighted by molar-refractivity contribution is 7.90. The van der Waals surface area contributed by atoms with Crippen LogP contribution in [0.4, 0.5) is 13.2 Å². The Labute approximate surface area is 141 Å². The van der Waals surface area contributed by atoms with Crippen molar-refractivity contribution in [3.63, 3.8) is 0 Å². The molecule has 0 aromatic rings. The predicted molar refractivity (Wildman–Crippen MR) is 88.2 cm³/mol. The summed E-state index contributed by atoms with van der Waals surface area (Å²) in [4.78, 5) is 4.45. The molecule has 0 spiro atoms. The highest BCUT2D eigenvalue weighted by Crippen LogP contribution is 2.30. The van der Waals surface area contributed by atoms with Crippen LogP contribution in [0.1, 0.15) is 39.5 Å². The molecule has 2 N–H and O–H groups in total. The van der Waals surface area contributed by atoms with Crippen LogP contribution in [-0.2, 0) is 10.0 Å². The standard InChI is InChI=1S/C14H27F3N4O2S/c1-3-5-8-19-13(18-4-2)20-11-12-6-9-21(10-7-12)24(22,23)14(15,16)17/h12H,3-11H2,1-2H3,(H2,18,19,20). The van der Waals surface area contributed by atoms with Gasteiger partial charge in [0.05, 0.1) is 0 Å². The van der Waals surface area contributed by atoms with E-state index in [0.717, 1.165) is 25.9 Å². The van der Waals surface area contributed by atoms with Crippen molar-refractivity contribution in [3.8, 4) is 0 Å². The summed E-state index contributed by atoms with van der Waals surface area (Å²) >= 11 is 0. The van der Waals surface area contributed by atoms with Gasteiger partial charge in [0.2, 0.25) is 0 Å². The van der Waals surface area contributed by atoms with Crippen molar-refractivity contribution in [2.24, 2.45) is 10.9 Å². The number of rotatable bonds is 7. The minimum atomic E-state index is -5.22. The summed E-state index contributed by atoms with van der Waals surface area (Å²) in [7, 11) is -5.20. The Balaban J connectivity index is 2.51. The normalized spacial score (nSPS) is 18.6. The van der Waals surface area contributed by atoms with Crippen LogP contribution >= 0.6 is 0 Å². The number of hydrogen-bond donors (Lipinski definition) is 2. The van der Waals surface area contributed by atoms with Gasteiger partial charge in [-0.15, -0.1) is 0 Å². The van der Waals surface area contributed by atoms with Gasteiger partial charge in [-0.05, 0) is 32.1 Å². The van der Waals surface area contributed by atoms with Gasteiger partial charge in [-0.3, -0.25) is 4.99 Å². The molecule has 0 radical (unpaired) electrons. The summed E-state index contributed by atoms with van der Waals surface area (Å²) in [5.74, 6) is 0.780. The maximum Gasteiger partial charge on any atom is 0.511 e. The zero-order valence-corrected chi connectivity index (χ0v) is 15.0. The van der Waals surface area contributed by atoms with Crippen LogP contribution in [-0.4, -0.2) is 56.9 Å². The van der Waals surface area contributed by atoms with E-state index < -0.39 is 15.5 Å². The average Bonchev–Trinajstić information content (AvgIpc) is 2.52. The second-order valence-corrected chi connectivity index (χ2v) is 7.72. The maximum absolute atomic E-state index is 12.5. The van der Waals surface area contributed by atoms with E-state index in [9.17, 15) is 21.6 Å². The van der Waals surface area contributed by atoms with Gasteiger partial charge >= 0.3 is 15.5 Å². The molecule has 1 aliphatic rings. The van der Waals surface area contributed by atoms with Crippen molar-refractivity contribution >= 4 is 16.0 Å². The fourth-order valence-electron chi connectivity index (χ4n) is 2.42. The van der Waals surface area contributed by atoms with Gasteiger partial charge in [0.15, 0.2) is 5.96 Å². The molecule has 1 aliphatic heterocycles. The third kappa shape index (κ3) is 6.12. The molecule has 1 fully saturated rings. The topological polar surface area (TPSA) is 73.8 Å². The molecule has 0 aromatic heterocycles. The first-order valence-electron chi connectivity index (χ1n) is 8.31. The molecule has 0 atom stereocenters. The van der Waals surface area contributed by atoms with Crippen molar-refractivity contribution in [1.82, 2.24) is 14.9 Å². The first-order chi connectivity index (χ1) is 11.2. The summed E-state index contributed by atoms with van der Waals surface area (Å²) < 4.78 is 60.9. The Bertz CT molecular complexity index is 501. The zero-order chi connectivity index (χ0) is 18.2. The molecule has 1 rings (SSSR count). The number of halogens is 3. The summed E-state index contributed by atoms with van der Waals surface area (Å²) in [6, 6.07) is 0. The van der Waals surface area contributed by atoms with E-state index in [1.165, 1.54) is 0 Å². The van der Waals surface area contributed by atoms with Gasteiger partial charge in [0.1, 0.15) is 0 Å². The zero-order valence-electron chi connectivity index (χ0n) is 14.2. The van der Waals surface area contributed by atoms with Gasteiger partial charge in [-0.1, -0.05) is 13.3 Å². The average molecular weight is 372 g/mol. The lowest BCUT2D eigenvalue weighted by molar-refractivity contribution is -0.0496. The molecule has 24 heavy (non-hydrogen) atoms. The lowest BCUT2D eigenvalue weighted by Gasteiger charge is -2.30. The number of unbranched alkanes of at least 4 members (excludes halogenated alkanes) is 1. The van der Waals surface area contributed by atoms with E-state index >= 15 is 0 Å². The van der Waals surface area contributed by atoms with E-state index in [4.69, 9.17) is 0 Å². The number of alkyl halides is 3. The number of nitrogens with zero attached hydrogens (tertiary/aromatic N) is 2. The number of hydrogen-bond acceptors (Lipinski definition) is 3. The third-order valence-corrected chi connectivity index (χ3v) is 5.51. The lowest BCUT2D eigenvalue weighted by Crippen LogP contribution is -2.45. The summed E-state index contributed by atoms with van der Waals surface area (Å²) in [6.07, 6.45) is 2.86. The van der Waals surface area contributed by atoms with E-state index in [0.29, 0.717) is 29.7 Å². The quantitative estimate of drug-likeness (QED) is 0.407. The van der Waals surface area contributed by atoms with E-state index in [1.54, 1.807) is 0 Å². The van der Waals surface area contributed by atoms with Gasteiger partial charge in [-0.2, -0.15) is 17.5 Å². The molecular formula is C14H27F3N4O2S. The second kappa shape index (κ2) is 9.45. The highest BCUT2D eigenvalue weighted by Gasteiger charge is 2.50. The number of nitrogens with one attached hydrogen (secondary N) is 2. The third-order valence-electron chi connectivity index (χ3n) is 3.88. The molecular weight excluding hydrogens is 345 g/mol. The molecule has 0 amide bonds. The number of sulfonamides is 1. The number of piperidine rings is 1. The van der Waals surface area contributed by atoms with Crippen LogP contribution in [0.15, 0.2) is 4.99 Å². The molecule has 0 aliphatic carbocycles. The Morgan fingerprint density at radius 1 is 1.21 bits per heavy atom. The molecule has 0 aromatic carbocycles. The monoisotopic (exact) mass is 372 g/mol. The molecule has 10 heteroatoms. The van der Waals surface area contributed by atoms with Crippen LogP contribution in [0.5, 0.6) is 0 Å². The smallest absolute Gasteiger partial charge is 0.357 e. The van der Waals surface area contributed by atoms with Crippen molar-refractivity contribution in [3.05, 3.63) is 0 Å². The molecule has 1 saturated heterocycles. The van der Waals surface area contributed by atoms with Gasteiger partial charge in [-0.25, -0.2) is 8.42 Å². The Morgan fingerprint density at radius 2 is 1.83 bits per heavy atom. The summed E-state index contributed by atoms with van der Waals surface area (Å²) in [6.45, 7) is 5.84. The van der Waals surface area contributed by atoms with E-state index in [2.05, 4.69) is 22.5 Å². The first kappa shape index (κ1) is 21.0. The summed E-state index contributed by atoms with van der Waals surface area (Å²) in [5, 5.41) is 6.32. The Hall–Kier alpha value is -1.03. The highest BCUT2D eigenvalue weighted by atomic mass is 32.2. The van der Waals surface area contributed by atoms with Gasteiger partial charge in [0.25, 0.3) is 0 Å². The van der Waals surface area contributed by atoms with Crippen LogP contribution in [0.2, 0.25) is 0 Å². The minimum absolute atomic E-state index is 0.0892. The largest absolute Gasteiger partial charge is 0.511 e. The second-order valence-electron chi connectivity index (χ2n) is 5.79. The van der Waals surface area contributed by atoms with Crippen molar-refractivity contribution in [2.75, 3.05) is 32.7 Å². The number of guanidine groups is 1. The van der Waals surface area contributed by atoms with E-state index in [1.807, 2.05) is 6.92 Å². The molecule has 0 bridgehead atoms. The maximum atomic E-state index is 12.5. The SMILES string of the molecule is CCCCNC(=NCC1CCN(S(=O)(=O)C(F)(F)F)CC1)NCC. The predicted octanol–water partition coefficient (Wildman–Crippen LogP) is 1.90. The first-order valence-corrected chi connectivity index (χ1v) is 9.75. The van der Waals surface area contributed by atoms with Crippen molar-refractivity contribution in [2.45, 2.75) is 45.0 Å². The fourth-order valence-corrected chi connectivity index (χ4v) is 3.41. The van der Waals surface area contributed by atoms with Gasteiger partial charge < -0.3 is 10.6 Å². The van der Waals surface area contributed by atoms with Crippen molar-refractivity contribution in [1.29, 1.82) is 0 Å². The minimum Gasteiger partial charge on any atom is -0.357 e. The van der Waals surface area contributed by atoms with Crippen molar-refractivity contribution < 1.29 is 21.6 Å².